The van der Waals surface area contributed by atoms with Crippen LogP contribution in [0.1, 0.15) is 44.5 Å². The van der Waals surface area contributed by atoms with Crippen LogP contribution in [0, 0.1) is 17.5 Å². The molecule has 1 saturated heterocycles. The number of pyridine rings is 1. The normalized spacial score (nSPS) is 17.8. The van der Waals surface area contributed by atoms with Crippen LogP contribution in [-0.4, -0.2) is 50.8 Å². The number of benzene rings is 1. The standard InChI is InChI=1S/C25H25F3N4O5/c1-12-7-14(29-24(36)37-25(2,3)4)10-31(12)21-19(28)11-32-20(30-21)16(9-17(22(32)33)23(34)35)15-6-5-13(26)8-18(15)27/h5-6,8-9,11-12,14H,7,10H2,1-4H3,(H,29,36)(H,34,35)/t12-,14-/m0/s1. The zero-order valence-corrected chi connectivity index (χ0v) is 20.5. The molecule has 0 spiro atoms. The molecular formula is C25H25F3N4O5. The molecule has 1 amide bonds. The van der Waals surface area contributed by atoms with E-state index in [9.17, 15) is 28.3 Å². The Balaban J connectivity index is 1.81. The Labute approximate surface area is 209 Å². The van der Waals surface area contributed by atoms with Gasteiger partial charge in [-0.1, -0.05) is 0 Å². The molecule has 1 aromatic carbocycles. The second kappa shape index (κ2) is 9.41. The van der Waals surface area contributed by atoms with Crippen LogP contribution in [0.2, 0.25) is 0 Å². The fourth-order valence-corrected chi connectivity index (χ4v) is 4.35. The van der Waals surface area contributed by atoms with Gasteiger partial charge in [-0.3, -0.25) is 9.20 Å². The van der Waals surface area contributed by atoms with E-state index in [0.29, 0.717) is 16.9 Å². The lowest BCUT2D eigenvalue weighted by molar-refractivity contribution is 0.0507. The number of nitrogens with zero attached hydrogens (tertiary/aromatic N) is 3. The van der Waals surface area contributed by atoms with Crippen molar-refractivity contribution in [2.24, 2.45) is 0 Å². The quantitative estimate of drug-likeness (QED) is 0.537. The Morgan fingerprint density at radius 1 is 1.14 bits per heavy atom. The number of ether oxygens (including phenoxy) is 1. The van der Waals surface area contributed by atoms with E-state index in [1.807, 2.05) is 0 Å². The number of hydrogen-bond acceptors (Lipinski definition) is 6. The minimum Gasteiger partial charge on any atom is -0.477 e. The van der Waals surface area contributed by atoms with Crippen LogP contribution in [-0.2, 0) is 4.74 Å². The van der Waals surface area contributed by atoms with Gasteiger partial charge in [-0.25, -0.2) is 27.7 Å². The zero-order chi connectivity index (χ0) is 27.2. The maximum atomic E-state index is 15.3. The highest BCUT2D eigenvalue weighted by atomic mass is 19.1. The largest absolute Gasteiger partial charge is 0.477 e. The van der Waals surface area contributed by atoms with Crippen LogP contribution in [0.3, 0.4) is 0 Å². The predicted molar refractivity (Wildman–Crippen MR) is 128 cm³/mol. The molecule has 196 valence electrons. The van der Waals surface area contributed by atoms with Gasteiger partial charge in [0.2, 0.25) is 0 Å². The topological polar surface area (TPSA) is 113 Å². The number of carboxylic acid groups (broad SMARTS) is 1. The Hall–Kier alpha value is -4.09. The van der Waals surface area contributed by atoms with Crippen molar-refractivity contribution in [3.63, 3.8) is 0 Å². The van der Waals surface area contributed by atoms with Gasteiger partial charge in [-0.2, -0.15) is 0 Å². The number of hydrogen-bond donors (Lipinski definition) is 2. The number of aromatic carboxylic acids is 1. The van der Waals surface area contributed by atoms with Crippen molar-refractivity contribution in [2.45, 2.75) is 51.8 Å². The van der Waals surface area contributed by atoms with Crippen molar-refractivity contribution >= 4 is 23.5 Å². The van der Waals surface area contributed by atoms with Crippen molar-refractivity contribution < 1.29 is 32.6 Å². The third kappa shape index (κ3) is 5.23. The summed E-state index contributed by atoms with van der Waals surface area (Å²) < 4.78 is 49.5. The van der Waals surface area contributed by atoms with E-state index in [-0.39, 0.29) is 35.2 Å². The zero-order valence-electron chi connectivity index (χ0n) is 20.5. The molecule has 2 atom stereocenters. The van der Waals surface area contributed by atoms with E-state index in [2.05, 4.69) is 10.3 Å². The van der Waals surface area contributed by atoms with E-state index in [1.54, 1.807) is 32.6 Å². The van der Waals surface area contributed by atoms with Crippen LogP contribution >= 0.6 is 0 Å². The summed E-state index contributed by atoms with van der Waals surface area (Å²) in [6, 6.07) is 2.91. The summed E-state index contributed by atoms with van der Waals surface area (Å²) in [5.41, 5.74) is -3.07. The minimum absolute atomic E-state index is 0.133. The maximum absolute atomic E-state index is 15.3. The van der Waals surface area contributed by atoms with E-state index < -0.39 is 52.3 Å². The Morgan fingerprint density at radius 2 is 1.84 bits per heavy atom. The molecule has 2 aromatic heterocycles. The molecule has 0 bridgehead atoms. The second-order valence-corrected chi connectivity index (χ2v) is 9.89. The number of amides is 1. The van der Waals surface area contributed by atoms with Crippen LogP contribution in [0.25, 0.3) is 16.8 Å². The van der Waals surface area contributed by atoms with Gasteiger partial charge in [0.05, 0.1) is 12.2 Å². The number of halogens is 3. The van der Waals surface area contributed by atoms with Gasteiger partial charge in [0.25, 0.3) is 5.56 Å². The number of carbonyl (C=O) groups excluding carboxylic acids is 1. The highest BCUT2D eigenvalue weighted by Gasteiger charge is 2.34. The third-order valence-corrected chi connectivity index (χ3v) is 5.89. The number of fused-ring (bicyclic) bond motifs is 1. The molecule has 4 rings (SSSR count). The summed E-state index contributed by atoms with van der Waals surface area (Å²) in [6.45, 7) is 7.14. The molecule has 0 radical (unpaired) electrons. The van der Waals surface area contributed by atoms with Crippen molar-refractivity contribution in [1.82, 2.24) is 14.7 Å². The van der Waals surface area contributed by atoms with Gasteiger partial charge in [0, 0.05) is 29.8 Å². The van der Waals surface area contributed by atoms with Gasteiger partial charge < -0.3 is 20.1 Å². The maximum Gasteiger partial charge on any atom is 0.407 e. The van der Waals surface area contributed by atoms with Crippen molar-refractivity contribution in [3.8, 4) is 11.1 Å². The van der Waals surface area contributed by atoms with Gasteiger partial charge in [0.15, 0.2) is 11.6 Å². The van der Waals surface area contributed by atoms with Gasteiger partial charge in [-0.15, -0.1) is 0 Å². The van der Waals surface area contributed by atoms with Crippen molar-refractivity contribution in [2.75, 3.05) is 11.4 Å². The van der Waals surface area contributed by atoms with Gasteiger partial charge >= 0.3 is 12.1 Å². The summed E-state index contributed by atoms with van der Waals surface area (Å²) in [7, 11) is 0. The van der Waals surface area contributed by atoms with E-state index in [0.717, 1.165) is 24.4 Å². The smallest absolute Gasteiger partial charge is 0.407 e. The first kappa shape index (κ1) is 26.0. The highest BCUT2D eigenvalue weighted by Crippen LogP contribution is 2.31. The molecular weight excluding hydrogens is 493 g/mol. The number of carboxylic acids is 1. The average molecular weight is 518 g/mol. The molecule has 3 heterocycles. The molecule has 0 unspecified atom stereocenters. The van der Waals surface area contributed by atoms with Gasteiger partial charge in [0.1, 0.15) is 28.4 Å². The number of anilines is 1. The fraction of sp³-hybridized carbons (Fsp3) is 0.360. The summed E-state index contributed by atoms with van der Waals surface area (Å²) in [5.74, 6) is -4.57. The van der Waals surface area contributed by atoms with Crippen molar-refractivity contribution in [3.05, 3.63) is 63.8 Å². The molecule has 0 aliphatic carbocycles. The summed E-state index contributed by atoms with van der Waals surface area (Å²) >= 11 is 0. The van der Waals surface area contributed by atoms with Crippen LogP contribution in [0.5, 0.6) is 0 Å². The number of aromatic nitrogens is 2. The van der Waals surface area contributed by atoms with E-state index >= 15 is 4.39 Å². The second-order valence-electron chi connectivity index (χ2n) is 9.89. The fourth-order valence-electron chi connectivity index (χ4n) is 4.35. The predicted octanol–water partition coefficient (Wildman–Crippen LogP) is 3.97. The average Bonchev–Trinajstić information content (AvgIpc) is 3.12. The number of alkyl carbamates (subject to hydrolysis) is 1. The Bertz CT molecular complexity index is 1470. The first-order chi connectivity index (χ1) is 17.2. The van der Waals surface area contributed by atoms with E-state index in [1.165, 1.54) is 0 Å². The first-order valence-electron chi connectivity index (χ1n) is 11.5. The number of carbonyl (C=O) groups is 2. The number of rotatable bonds is 4. The van der Waals surface area contributed by atoms with Gasteiger partial charge in [-0.05, 0) is 52.3 Å². The van der Waals surface area contributed by atoms with E-state index in [4.69, 9.17) is 4.74 Å². The molecule has 1 aliphatic rings. The summed E-state index contributed by atoms with van der Waals surface area (Å²) in [5, 5.41) is 12.2. The Morgan fingerprint density at radius 3 is 2.46 bits per heavy atom. The molecule has 0 saturated carbocycles. The molecule has 2 N–H and O–H groups in total. The van der Waals surface area contributed by atoms with Crippen molar-refractivity contribution in [1.29, 1.82) is 0 Å². The molecule has 9 nitrogen and oxygen atoms in total. The number of nitrogens with one attached hydrogen (secondary N) is 1. The monoisotopic (exact) mass is 518 g/mol. The summed E-state index contributed by atoms with van der Waals surface area (Å²) in [4.78, 5) is 42.5. The molecule has 1 fully saturated rings. The lowest BCUT2D eigenvalue weighted by Crippen LogP contribution is -2.40. The minimum atomic E-state index is -1.60. The highest BCUT2D eigenvalue weighted by molar-refractivity contribution is 5.91. The first-order valence-corrected chi connectivity index (χ1v) is 11.5. The lowest BCUT2D eigenvalue weighted by atomic mass is 10.0. The SMILES string of the molecule is C[C@H]1C[C@H](NC(=O)OC(C)(C)C)CN1c1nc2c(-c3ccc(F)cc3F)cc(C(=O)O)c(=O)n2cc1F. The van der Waals surface area contributed by atoms with Crippen LogP contribution in [0.15, 0.2) is 35.3 Å². The lowest BCUT2D eigenvalue weighted by Gasteiger charge is -2.24. The molecule has 3 aromatic rings. The molecule has 37 heavy (non-hydrogen) atoms. The Kier molecular flexibility index (Phi) is 6.61. The molecule has 12 heteroatoms. The third-order valence-electron chi connectivity index (χ3n) is 5.89. The van der Waals surface area contributed by atoms with Crippen LogP contribution in [0.4, 0.5) is 23.8 Å². The van der Waals surface area contributed by atoms with Crippen LogP contribution < -0.4 is 15.8 Å². The molecule has 1 aliphatic heterocycles. The summed E-state index contributed by atoms with van der Waals surface area (Å²) in [6.07, 6.45) is 0.606.